The van der Waals surface area contributed by atoms with E-state index in [1.165, 1.54) is 0 Å². The molecule has 0 atom stereocenters. The van der Waals surface area contributed by atoms with Crippen LogP contribution in [0.2, 0.25) is 0 Å². The van der Waals surface area contributed by atoms with E-state index in [-0.39, 0.29) is 5.78 Å². The molecule has 1 aromatic carbocycles. The van der Waals surface area contributed by atoms with Crippen LogP contribution in [0.5, 0.6) is 0 Å². The van der Waals surface area contributed by atoms with Crippen molar-refractivity contribution in [1.82, 2.24) is 5.32 Å². The molecule has 1 aromatic rings. The third-order valence-electron chi connectivity index (χ3n) is 2.09. The van der Waals surface area contributed by atoms with Gasteiger partial charge in [-0.2, -0.15) is 0 Å². The standard InChI is InChI=1S/C11H15BrN2O/c1-13-7-11(15)8-4-5-9(12)10(6-8)14(2)3/h4-6,13H,7H2,1-3H3. The van der Waals surface area contributed by atoms with E-state index in [1.54, 1.807) is 7.05 Å². The third-order valence-corrected chi connectivity index (χ3v) is 2.76. The second kappa shape index (κ2) is 5.28. The predicted molar refractivity (Wildman–Crippen MR) is 66.7 cm³/mol. The third kappa shape index (κ3) is 3.04. The minimum Gasteiger partial charge on any atom is -0.377 e. The van der Waals surface area contributed by atoms with Crippen LogP contribution in [0.4, 0.5) is 5.69 Å². The molecule has 3 nitrogen and oxygen atoms in total. The minimum atomic E-state index is 0.105. The van der Waals surface area contributed by atoms with Gasteiger partial charge in [0.05, 0.1) is 12.2 Å². The molecule has 0 radical (unpaired) electrons. The topological polar surface area (TPSA) is 32.3 Å². The van der Waals surface area contributed by atoms with E-state index in [0.29, 0.717) is 6.54 Å². The zero-order valence-electron chi connectivity index (χ0n) is 9.17. The lowest BCUT2D eigenvalue weighted by Gasteiger charge is -2.15. The molecule has 1 rings (SSSR count). The number of halogens is 1. The van der Waals surface area contributed by atoms with Crippen molar-refractivity contribution in [1.29, 1.82) is 0 Å². The second-order valence-electron chi connectivity index (χ2n) is 3.51. The number of likely N-dealkylation sites (N-methyl/N-ethyl adjacent to an activating group) is 1. The highest BCUT2D eigenvalue weighted by Gasteiger charge is 2.08. The molecule has 0 saturated heterocycles. The van der Waals surface area contributed by atoms with E-state index in [0.717, 1.165) is 15.7 Å². The maximum atomic E-state index is 11.6. The highest BCUT2D eigenvalue weighted by Crippen LogP contribution is 2.25. The summed E-state index contributed by atoms with van der Waals surface area (Å²) in [4.78, 5) is 13.6. The molecule has 4 heteroatoms. The summed E-state index contributed by atoms with van der Waals surface area (Å²) < 4.78 is 0.994. The van der Waals surface area contributed by atoms with Crippen LogP contribution < -0.4 is 10.2 Å². The molecule has 0 amide bonds. The quantitative estimate of drug-likeness (QED) is 0.849. The van der Waals surface area contributed by atoms with Gasteiger partial charge in [0.25, 0.3) is 0 Å². The molecular weight excluding hydrogens is 256 g/mol. The van der Waals surface area contributed by atoms with Crippen LogP contribution >= 0.6 is 15.9 Å². The van der Waals surface area contributed by atoms with Crippen molar-refractivity contribution in [3.8, 4) is 0 Å². The van der Waals surface area contributed by atoms with E-state index >= 15 is 0 Å². The number of nitrogens with one attached hydrogen (secondary N) is 1. The van der Waals surface area contributed by atoms with Gasteiger partial charge in [-0.05, 0) is 35.1 Å². The summed E-state index contributed by atoms with van der Waals surface area (Å²) in [6, 6.07) is 5.62. The van der Waals surface area contributed by atoms with Crippen molar-refractivity contribution in [2.45, 2.75) is 0 Å². The number of carbonyl (C=O) groups excluding carboxylic acids is 1. The molecule has 1 N–H and O–H groups in total. The highest BCUT2D eigenvalue weighted by molar-refractivity contribution is 9.10. The summed E-state index contributed by atoms with van der Waals surface area (Å²) in [5, 5.41) is 2.85. The monoisotopic (exact) mass is 270 g/mol. The molecule has 15 heavy (non-hydrogen) atoms. The van der Waals surface area contributed by atoms with Crippen LogP contribution in [0, 0.1) is 0 Å². The van der Waals surface area contributed by atoms with Crippen molar-refractivity contribution in [2.24, 2.45) is 0 Å². The Morgan fingerprint density at radius 1 is 1.47 bits per heavy atom. The largest absolute Gasteiger partial charge is 0.377 e. The van der Waals surface area contributed by atoms with Crippen LogP contribution in [0.1, 0.15) is 10.4 Å². The van der Waals surface area contributed by atoms with Crippen LogP contribution in [-0.4, -0.2) is 33.5 Å². The molecule has 0 aliphatic heterocycles. The van der Waals surface area contributed by atoms with E-state index in [1.807, 2.05) is 37.2 Å². The van der Waals surface area contributed by atoms with Gasteiger partial charge in [-0.15, -0.1) is 0 Å². The van der Waals surface area contributed by atoms with Gasteiger partial charge in [0, 0.05) is 24.1 Å². The first-order valence-corrected chi connectivity index (χ1v) is 5.50. The summed E-state index contributed by atoms with van der Waals surface area (Å²) in [7, 11) is 5.67. The number of ketones is 1. The number of Topliss-reactive ketones (excluding diaryl/α,β-unsaturated/α-hetero) is 1. The molecule has 0 bridgehead atoms. The molecular formula is C11H15BrN2O. The first-order chi connectivity index (χ1) is 7.06. The minimum absolute atomic E-state index is 0.105. The number of anilines is 1. The number of rotatable bonds is 4. The van der Waals surface area contributed by atoms with Crippen LogP contribution in [0.15, 0.2) is 22.7 Å². The molecule has 0 heterocycles. The van der Waals surface area contributed by atoms with Crippen LogP contribution in [0.3, 0.4) is 0 Å². The molecule has 82 valence electrons. The zero-order chi connectivity index (χ0) is 11.4. The van der Waals surface area contributed by atoms with Crippen molar-refractivity contribution in [3.05, 3.63) is 28.2 Å². The Morgan fingerprint density at radius 3 is 2.67 bits per heavy atom. The van der Waals surface area contributed by atoms with Crippen molar-refractivity contribution in [2.75, 3.05) is 32.6 Å². The summed E-state index contributed by atoms with van der Waals surface area (Å²) in [6.45, 7) is 0.370. The van der Waals surface area contributed by atoms with E-state index in [2.05, 4.69) is 21.2 Å². The second-order valence-corrected chi connectivity index (χ2v) is 4.37. The van der Waals surface area contributed by atoms with Crippen molar-refractivity contribution < 1.29 is 4.79 Å². The molecule has 0 saturated carbocycles. The van der Waals surface area contributed by atoms with E-state index in [9.17, 15) is 4.79 Å². The summed E-state index contributed by atoms with van der Waals surface area (Å²) in [5.41, 5.74) is 1.74. The van der Waals surface area contributed by atoms with Gasteiger partial charge in [0.15, 0.2) is 5.78 Å². The summed E-state index contributed by atoms with van der Waals surface area (Å²) in [5.74, 6) is 0.105. The Hall–Kier alpha value is -0.870. The number of benzene rings is 1. The van der Waals surface area contributed by atoms with E-state index in [4.69, 9.17) is 0 Å². The number of hydrogen-bond donors (Lipinski definition) is 1. The Morgan fingerprint density at radius 2 is 2.13 bits per heavy atom. The fraction of sp³-hybridized carbons (Fsp3) is 0.364. The molecule has 0 aliphatic rings. The van der Waals surface area contributed by atoms with Crippen LogP contribution in [0.25, 0.3) is 0 Å². The van der Waals surface area contributed by atoms with Gasteiger partial charge in [-0.3, -0.25) is 4.79 Å². The first-order valence-electron chi connectivity index (χ1n) is 4.71. The Kier molecular flexibility index (Phi) is 4.29. The predicted octanol–water partition coefficient (Wildman–Crippen LogP) is 1.92. The van der Waals surface area contributed by atoms with Gasteiger partial charge in [-0.1, -0.05) is 6.07 Å². The van der Waals surface area contributed by atoms with Gasteiger partial charge in [0.2, 0.25) is 0 Å². The van der Waals surface area contributed by atoms with Gasteiger partial charge >= 0.3 is 0 Å². The fourth-order valence-corrected chi connectivity index (χ4v) is 1.89. The normalized spacial score (nSPS) is 10.1. The highest BCUT2D eigenvalue weighted by atomic mass is 79.9. The fourth-order valence-electron chi connectivity index (χ4n) is 1.29. The van der Waals surface area contributed by atoms with Gasteiger partial charge in [-0.25, -0.2) is 0 Å². The number of nitrogens with zero attached hydrogens (tertiary/aromatic N) is 1. The molecule has 0 fully saturated rings. The van der Waals surface area contributed by atoms with Crippen molar-refractivity contribution >= 4 is 27.4 Å². The van der Waals surface area contributed by atoms with E-state index < -0.39 is 0 Å². The molecule has 0 spiro atoms. The average Bonchev–Trinajstić information content (AvgIpc) is 2.18. The number of hydrogen-bond acceptors (Lipinski definition) is 3. The smallest absolute Gasteiger partial charge is 0.176 e. The Labute approximate surface area is 98.6 Å². The lowest BCUT2D eigenvalue weighted by atomic mass is 10.1. The maximum Gasteiger partial charge on any atom is 0.176 e. The first kappa shape index (κ1) is 12.2. The lowest BCUT2D eigenvalue weighted by molar-refractivity contribution is 0.0993. The maximum absolute atomic E-state index is 11.6. The average molecular weight is 271 g/mol. The zero-order valence-corrected chi connectivity index (χ0v) is 10.8. The summed E-state index contributed by atoms with van der Waals surface area (Å²) in [6.07, 6.45) is 0. The number of carbonyl (C=O) groups is 1. The molecule has 0 unspecified atom stereocenters. The lowest BCUT2D eigenvalue weighted by Crippen LogP contribution is -2.19. The summed E-state index contributed by atoms with van der Waals surface area (Å²) >= 11 is 3.45. The van der Waals surface area contributed by atoms with Gasteiger partial charge in [0.1, 0.15) is 0 Å². The van der Waals surface area contributed by atoms with Gasteiger partial charge < -0.3 is 10.2 Å². The molecule has 0 aliphatic carbocycles. The SMILES string of the molecule is CNCC(=O)c1ccc(Br)c(N(C)C)c1. The molecule has 0 aromatic heterocycles. The Balaban J connectivity index is 3.02. The van der Waals surface area contributed by atoms with Crippen LogP contribution in [-0.2, 0) is 0 Å². The van der Waals surface area contributed by atoms with Crippen molar-refractivity contribution in [3.63, 3.8) is 0 Å². The Bertz CT molecular complexity index is 364.